The Morgan fingerprint density at radius 3 is 2.10 bits per heavy atom. The van der Waals surface area contributed by atoms with Gasteiger partial charge in [-0.2, -0.15) is 0 Å². The summed E-state index contributed by atoms with van der Waals surface area (Å²) in [5.74, 6) is -0.0999. The Kier molecular flexibility index (Phi) is 5.74. The van der Waals surface area contributed by atoms with E-state index in [9.17, 15) is 9.59 Å². The van der Waals surface area contributed by atoms with E-state index in [4.69, 9.17) is 0 Å². The molecular formula is C16H24N2O2. The minimum Gasteiger partial charge on any atom is -0.354 e. The molecule has 0 spiro atoms. The maximum absolute atomic E-state index is 11.8. The molecule has 0 bridgehead atoms. The van der Waals surface area contributed by atoms with E-state index in [0.29, 0.717) is 25.1 Å². The van der Waals surface area contributed by atoms with Crippen molar-refractivity contribution in [1.29, 1.82) is 0 Å². The van der Waals surface area contributed by atoms with Crippen molar-refractivity contribution in [1.82, 2.24) is 10.6 Å². The van der Waals surface area contributed by atoms with Crippen molar-refractivity contribution < 1.29 is 9.59 Å². The summed E-state index contributed by atoms with van der Waals surface area (Å²) in [5, 5.41) is 5.58. The number of hydrogen-bond acceptors (Lipinski definition) is 2. The first-order valence-electron chi connectivity index (χ1n) is 6.89. The van der Waals surface area contributed by atoms with Crippen LogP contribution in [0.3, 0.4) is 0 Å². The normalized spacial score (nSPS) is 11.0. The summed E-state index contributed by atoms with van der Waals surface area (Å²) >= 11 is 0. The molecule has 0 fully saturated rings. The van der Waals surface area contributed by atoms with Gasteiger partial charge in [-0.05, 0) is 24.5 Å². The molecule has 2 amide bonds. The van der Waals surface area contributed by atoms with Crippen molar-refractivity contribution >= 4 is 11.8 Å². The van der Waals surface area contributed by atoms with Crippen molar-refractivity contribution in [2.24, 2.45) is 5.41 Å². The van der Waals surface area contributed by atoms with E-state index in [1.165, 1.54) is 0 Å². The van der Waals surface area contributed by atoms with Gasteiger partial charge in [-0.1, -0.05) is 38.5 Å². The zero-order valence-electron chi connectivity index (χ0n) is 12.7. The van der Waals surface area contributed by atoms with E-state index in [1.807, 2.05) is 39.8 Å². The zero-order chi connectivity index (χ0) is 15.2. The molecule has 0 aromatic heterocycles. The molecule has 0 saturated heterocycles. The number of rotatable bonds is 5. The van der Waals surface area contributed by atoms with E-state index in [-0.39, 0.29) is 17.2 Å². The van der Waals surface area contributed by atoms with Gasteiger partial charge < -0.3 is 10.6 Å². The molecule has 4 nitrogen and oxygen atoms in total. The Morgan fingerprint density at radius 1 is 1.00 bits per heavy atom. The molecule has 20 heavy (non-hydrogen) atoms. The quantitative estimate of drug-likeness (QED) is 0.811. The number of carbonyl (C=O) groups is 2. The van der Waals surface area contributed by atoms with Gasteiger partial charge in [0.05, 0.1) is 0 Å². The summed E-state index contributed by atoms with van der Waals surface area (Å²) < 4.78 is 0. The summed E-state index contributed by atoms with van der Waals surface area (Å²) in [5.41, 5.74) is 1.74. The number of nitrogens with one attached hydrogen (secondary N) is 2. The number of benzene rings is 1. The number of carbonyl (C=O) groups excluding carboxylic acids is 2. The molecule has 110 valence electrons. The van der Waals surface area contributed by atoms with Gasteiger partial charge in [-0.15, -0.1) is 0 Å². The van der Waals surface area contributed by atoms with E-state index < -0.39 is 0 Å². The van der Waals surface area contributed by atoms with Gasteiger partial charge in [-0.3, -0.25) is 9.59 Å². The third kappa shape index (κ3) is 6.36. The van der Waals surface area contributed by atoms with Gasteiger partial charge in [0.25, 0.3) is 5.91 Å². The molecule has 0 radical (unpaired) electrons. The van der Waals surface area contributed by atoms with Crippen LogP contribution in [-0.4, -0.2) is 24.9 Å². The second-order valence-corrected chi connectivity index (χ2v) is 6.21. The lowest BCUT2D eigenvalue weighted by molar-refractivity contribution is -0.122. The molecule has 1 aromatic rings. The largest absolute Gasteiger partial charge is 0.354 e. The lowest BCUT2D eigenvalue weighted by Crippen LogP contribution is -2.35. The molecule has 0 aliphatic rings. The van der Waals surface area contributed by atoms with Crippen LogP contribution in [0.15, 0.2) is 24.3 Å². The monoisotopic (exact) mass is 276 g/mol. The van der Waals surface area contributed by atoms with E-state index in [0.717, 1.165) is 5.56 Å². The molecule has 0 unspecified atom stereocenters. The first kappa shape index (κ1) is 16.2. The molecule has 0 heterocycles. The van der Waals surface area contributed by atoms with Gasteiger partial charge >= 0.3 is 0 Å². The lowest BCUT2D eigenvalue weighted by Gasteiger charge is -2.17. The predicted molar refractivity (Wildman–Crippen MR) is 80.6 cm³/mol. The third-order valence-electron chi connectivity index (χ3n) is 2.74. The molecule has 0 saturated carbocycles. The minimum atomic E-state index is -0.116. The fourth-order valence-electron chi connectivity index (χ4n) is 1.73. The Bertz CT molecular complexity index is 458. The zero-order valence-corrected chi connectivity index (χ0v) is 12.7. The van der Waals surface area contributed by atoms with Crippen LogP contribution < -0.4 is 10.6 Å². The molecule has 0 aliphatic carbocycles. The highest BCUT2D eigenvalue weighted by Crippen LogP contribution is 2.17. The standard InChI is InChI=1S/C16H24N2O2/c1-12-5-7-13(8-6-12)15(20)18-10-9-17-14(19)11-16(2,3)4/h5-8H,9-11H2,1-4H3,(H,17,19)(H,18,20). The van der Waals surface area contributed by atoms with E-state index >= 15 is 0 Å². The fourth-order valence-corrected chi connectivity index (χ4v) is 1.73. The van der Waals surface area contributed by atoms with Gasteiger partial charge in [0.15, 0.2) is 0 Å². The molecule has 2 N–H and O–H groups in total. The molecule has 0 aliphatic heterocycles. The maximum atomic E-state index is 11.8. The van der Waals surface area contributed by atoms with Crippen LogP contribution >= 0.6 is 0 Å². The van der Waals surface area contributed by atoms with Gasteiger partial charge in [0, 0.05) is 25.1 Å². The van der Waals surface area contributed by atoms with Gasteiger partial charge in [0.1, 0.15) is 0 Å². The average Bonchev–Trinajstić information content (AvgIpc) is 2.33. The predicted octanol–water partition coefficient (Wildman–Crippen LogP) is 2.28. The topological polar surface area (TPSA) is 58.2 Å². The highest BCUT2D eigenvalue weighted by molar-refractivity contribution is 5.94. The maximum Gasteiger partial charge on any atom is 0.251 e. The SMILES string of the molecule is Cc1ccc(C(=O)NCCNC(=O)CC(C)(C)C)cc1. The van der Waals surface area contributed by atoms with Gasteiger partial charge in [-0.25, -0.2) is 0 Å². The smallest absolute Gasteiger partial charge is 0.251 e. The van der Waals surface area contributed by atoms with Crippen LogP contribution in [-0.2, 0) is 4.79 Å². The Morgan fingerprint density at radius 2 is 1.55 bits per heavy atom. The molecule has 0 atom stereocenters. The number of hydrogen-bond donors (Lipinski definition) is 2. The summed E-state index contributed by atoms with van der Waals surface area (Å²) in [6.45, 7) is 8.92. The highest BCUT2D eigenvalue weighted by atomic mass is 16.2. The van der Waals surface area contributed by atoms with Crippen LogP contribution in [0.5, 0.6) is 0 Å². The first-order valence-corrected chi connectivity index (χ1v) is 6.89. The summed E-state index contributed by atoms with van der Waals surface area (Å²) in [6, 6.07) is 7.39. The molecule has 1 aromatic carbocycles. The van der Waals surface area contributed by atoms with Crippen LogP contribution in [0.1, 0.15) is 43.1 Å². The molecule has 1 rings (SSSR count). The van der Waals surface area contributed by atoms with Gasteiger partial charge in [0.2, 0.25) is 5.91 Å². The first-order chi connectivity index (χ1) is 9.28. The summed E-state index contributed by atoms with van der Waals surface area (Å²) in [4.78, 5) is 23.4. The number of aryl methyl sites for hydroxylation is 1. The lowest BCUT2D eigenvalue weighted by atomic mass is 9.92. The Hall–Kier alpha value is -1.84. The molecular weight excluding hydrogens is 252 g/mol. The third-order valence-corrected chi connectivity index (χ3v) is 2.74. The van der Waals surface area contributed by atoms with Crippen LogP contribution in [0.25, 0.3) is 0 Å². The molecule has 4 heteroatoms. The van der Waals surface area contributed by atoms with Crippen molar-refractivity contribution in [3.63, 3.8) is 0 Å². The van der Waals surface area contributed by atoms with Crippen molar-refractivity contribution in [3.8, 4) is 0 Å². The second-order valence-electron chi connectivity index (χ2n) is 6.21. The highest BCUT2D eigenvalue weighted by Gasteiger charge is 2.15. The summed E-state index contributed by atoms with van der Waals surface area (Å²) in [6.07, 6.45) is 0.485. The van der Waals surface area contributed by atoms with E-state index in [2.05, 4.69) is 10.6 Å². The summed E-state index contributed by atoms with van der Waals surface area (Å²) in [7, 11) is 0. The van der Waals surface area contributed by atoms with Crippen LogP contribution in [0.4, 0.5) is 0 Å². The Balaban J connectivity index is 2.26. The average molecular weight is 276 g/mol. The van der Waals surface area contributed by atoms with Crippen LogP contribution in [0.2, 0.25) is 0 Å². The number of amides is 2. The second kappa shape index (κ2) is 7.08. The van der Waals surface area contributed by atoms with E-state index in [1.54, 1.807) is 12.1 Å². The fraction of sp³-hybridized carbons (Fsp3) is 0.500. The Labute approximate surface area is 121 Å². The van der Waals surface area contributed by atoms with Crippen molar-refractivity contribution in [2.75, 3.05) is 13.1 Å². The van der Waals surface area contributed by atoms with Crippen molar-refractivity contribution in [2.45, 2.75) is 34.1 Å². The van der Waals surface area contributed by atoms with Crippen molar-refractivity contribution in [3.05, 3.63) is 35.4 Å². The minimum absolute atomic E-state index is 0.0158. The van der Waals surface area contributed by atoms with Crippen LogP contribution in [0, 0.1) is 12.3 Å².